The molecule has 0 N–H and O–H groups in total. The molecular weight excluding hydrogens is 306 g/mol. The molecule has 0 aliphatic carbocycles. The lowest BCUT2D eigenvalue weighted by Crippen LogP contribution is -2.05. The van der Waals surface area contributed by atoms with Crippen molar-refractivity contribution in [2.24, 2.45) is 0 Å². The lowest BCUT2D eigenvalue weighted by molar-refractivity contribution is -0.384. The summed E-state index contributed by atoms with van der Waals surface area (Å²) in [5, 5.41) is 20.5. The van der Waals surface area contributed by atoms with Crippen molar-refractivity contribution in [3.8, 4) is 6.07 Å². The van der Waals surface area contributed by atoms with Crippen molar-refractivity contribution in [1.29, 1.82) is 5.26 Å². The first-order valence-corrected chi connectivity index (χ1v) is 7.07. The van der Waals surface area contributed by atoms with Crippen LogP contribution in [0.3, 0.4) is 0 Å². The van der Waals surface area contributed by atoms with Crippen molar-refractivity contribution >= 4 is 28.6 Å². The van der Waals surface area contributed by atoms with Crippen LogP contribution in [0.5, 0.6) is 0 Å². The average molecular weight is 317 g/mol. The average Bonchev–Trinajstić information content (AvgIpc) is 2.99. The second-order valence-corrected chi connectivity index (χ2v) is 5.06. The Morgan fingerprint density at radius 3 is 2.54 bits per heavy atom. The number of para-hydroxylation sites is 1. The molecule has 6 nitrogen and oxygen atoms in total. The zero-order valence-corrected chi connectivity index (χ0v) is 12.4. The normalized spacial score (nSPS) is 10.8. The van der Waals surface area contributed by atoms with Gasteiger partial charge in [-0.25, -0.2) is 0 Å². The Hall–Kier alpha value is -3.72. The largest absolute Gasteiger partial charge is 0.282 e. The van der Waals surface area contributed by atoms with Crippen LogP contribution in [0.25, 0.3) is 17.0 Å². The van der Waals surface area contributed by atoms with Crippen molar-refractivity contribution < 1.29 is 9.72 Å². The monoisotopic (exact) mass is 317 g/mol. The van der Waals surface area contributed by atoms with Gasteiger partial charge in [0.25, 0.3) is 11.6 Å². The number of nitrogens with zero attached hydrogens (tertiary/aromatic N) is 3. The Balaban J connectivity index is 1.90. The fourth-order valence-electron chi connectivity index (χ4n) is 2.41. The Morgan fingerprint density at radius 1 is 1.17 bits per heavy atom. The summed E-state index contributed by atoms with van der Waals surface area (Å²) in [7, 11) is 0. The van der Waals surface area contributed by atoms with Crippen LogP contribution in [-0.4, -0.2) is 15.4 Å². The van der Waals surface area contributed by atoms with Crippen LogP contribution in [-0.2, 0) is 0 Å². The molecule has 0 unspecified atom stereocenters. The third kappa shape index (κ3) is 2.78. The van der Waals surface area contributed by atoms with Gasteiger partial charge in [-0.05, 0) is 29.8 Å². The second-order valence-electron chi connectivity index (χ2n) is 5.06. The van der Waals surface area contributed by atoms with E-state index in [9.17, 15) is 14.9 Å². The number of fused-ring (bicyclic) bond motifs is 1. The molecule has 1 aromatic heterocycles. The molecule has 0 aliphatic rings. The number of carbonyl (C=O) groups excluding carboxylic acids is 1. The molecule has 0 spiro atoms. The third-order valence-corrected chi connectivity index (χ3v) is 3.59. The number of allylic oxidation sites excluding steroid dienone is 1. The first kappa shape index (κ1) is 15.2. The highest BCUT2D eigenvalue weighted by Crippen LogP contribution is 2.21. The lowest BCUT2D eigenvalue weighted by atomic mass is 10.2. The van der Waals surface area contributed by atoms with Gasteiger partial charge in [0.1, 0.15) is 6.07 Å². The predicted octanol–water partition coefficient (Wildman–Crippen LogP) is 3.77. The quantitative estimate of drug-likeness (QED) is 0.418. The minimum Gasteiger partial charge on any atom is -0.282 e. The Bertz CT molecular complexity index is 1010. The number of aromatic nitrogens is 1. The van der Waals surface area contributed by atoms with E-state index >= 15 is 0 Å². The lowest BCUT2D eigenvalue weighted by Gasteiger charge is -1.99. The summed E-state index contributed by atoms with van der Waals surface area (Å²) in [5.74, 6) is -0.300. The molecule has 116 valence electrons. The number of nitriles is 1. The van der Waals surface area contributed by atoms with Gasteiger partial charge >= 0.3 is 0 Å². The van der Waals surface area contributed by atoms with Crippen molar-refractivity contribution in [3.63, 3.8) is 0 Å². The summed E-state index contributed by atoms with van der Waals surface area (Å²) in [5.41, 5.74) is 1.76. The van der Waals surface area contributed by atoms with Gasteiger partial charge in [-0.15, -0.1) is 0 Å². The number of non-ortho nitro benzene ring substituents is 1. The Morgan fingerprint density at radius 2 is 1.88 bits per heavy atom. The van der Waals surface area contributed by atoms with Gasteiger partial charge in [0.05, 0.1) is 16.0 Å². The third-order valence-electron chi connectivity index (χ3n) is 3.59. The van der Waals surface area contributed by atoms with E-state index in [0.29, 0.717) is 16.6 Å². The van der Waals surface area contributed by atoms with Crippen LogP contribution in [0.4, 0.5) is 5.69 Å². The van der Waals surface area contributed by atoms with E-state index in [1.807, 2.05) is 6.07 Å². The highest BCUT2D eigenvalue weighted by molar-refractivity contribution is 6.02. The maximum atomic E-state index is 12.4. The van der Waals surface area contributed by atoms with E-state index in [1.54, 1.807) is 36.4 Å². The standard InChI is InChI=1S/C18H11N3O3/c19-11-14-12-20(17-4-2-1-3-16(14)17)18(22)10-7-13-5-8-15(9-6-13)21(23)24/h1-10,12H/b10-7+. The first-order chi connectivity index (χ1) is 11.6. The molecule has 2 aromatic carbocycles. The molecule has 3 rings (SSSR count). The van der Waals surface area contributed by atoms with E-state index in [1.165, 1.54) is 29.0 Å². The summed E-state index contributed by atoms with van der Waals surface area (Å²) >= 11 is 0. The zero-order valence-electron chi connectivity index (χ0n) is 12.4. The van der Waals surface area contributed by atoms with Gasteiger partial charge < -0.3 is 0 Å². The number of benzene rings is 2. The molecule has 0 radical (unpaired) electrons. The van der Waals surface area contributed by atoms with Crippen molar-refractivity contribution in [2.45, 2.75) is 0 Å². The summed E-state index contributed by atoms with van der Waals surface area (Å²) in [6, 6.07) is 15.1. The number of hydrogen-bond donors (Lipinski definition) is 0. The second kappa shape index (κ2) is 6.18. The Labute approximate surface area is 137 Å². The van der Waals surface area contributed by atoms with Crippen molar-refractivity contribution in [2.75, 3.05) is 0 Å². The fourth-order valence-corrected chi connectivity index (χ4v) is 2.41. The van der Waals surface area contributed by atoms with E-state index in [2.05, 4.69) is 6.07 Å². The summed E-state index contributed by atoms with van der Waals surface area (Å²) in [4.78, 5) is 22.5. The zero-order chi connectivity index (χ0) is 17.1. The molecule has 0 saturated carbocycles. The summed E-state index contributed by atoms with van der Waals surface area (Å²) < 4.78 is 1.41. The number of nitro groups is 1. The minimum absolute atomic E-state index is 0.00598. The summed E-state index contributed by atoms with van der Waals surface area (Å²) in [6.07, 6.45) is 4.45. The predicted molar refractivity (Wildman–Crippen MR) is 89.4 cm³/mol. The molecule has 0 fully saturated rings. The first-order valence-electron chi connectivity index (χ1n) is 7.07. The van der Waals surface area contributed by atoms with Gasteiger partial charge in [0.15, 0.2) is 0 Å². The van der Waals surface area contributed by atoms with E-state index in [4.69, 9.17) is 5.26 Å². The fraction of sp³-hybridized carbons (Fsp3) is 0. The van der Waals surface area contributed by atoms with Crippen LogP contribution < -0.4 is 0 Å². The van der Waals surface area contributed by atoms with E-state index in [0.717, 1.165) is 5.39 Å². The van der Waals surface area contributed by atoms with Crippen molar-refractivity contribution in [3.05, 3.63) is 82.0 Å². The summed E-state index contributed by atoms with van der Waals surface area (Å²) in [6.45, 7) is 0. The number of nitro benzene ring substituents is 1. The Kier molecular flexibility index (Phi) is 3.91. The molecule has 1 heterocycles. The maximum Gasteiger partial charge on any atom is 0.269 e. The van der Waals surface area contributed by atoms with Gasteiger partial charge in [-0.3, -0.25) is 19.5 Å². The van der Waals surface area contributed by atoms with Gasteiger partial charge in [-0.2, -0.15) is 5.26 Å². The molecule has 0 atom stereocenters. The molecule has 0 aliphatic heterocycles. The van der Waals surface area contributed by atoms with E-state index in [-0.39, 0.29) is 11.6 Å². The highest BCUT2D eigenvalue weighted by Gasteiger charge is 2.11. The highest BCUT2D eigenvalue weighted by atomic mass is 16.6. The van der Waals surface area contributed by atoms with Crippen LogP contribution in [0, 0.1) is 21.4 Å². The molecule has 3 aromatic rings. The smallest absolute Gasteiger partial charge is 0.269 e. The van der Waals surface area contributed by atoms with E-state index < -0.39 is 4.92 Å². The van der Waals surface area contributed by atoms with Crippen LogP contribution >= 0.6 is 0 Å². The molecule has 24 heavy (non-hydrogen) atoms. The number of hydrogen-bond acceptors (Lipinski definition) is 4. The topological polar surface area (TPSA) is 88.9 Å². The number of rotatable bonds is 3. The number of carbonyl (C=O) groups is 1. The molecule has 0 saturated heterocycles. The van der Waals surface area contributed by atoms with Crippen LogP contribution in [0.2, 0.25) is 0 Å². The van der Waals surface area contributed by atoms with Gasteiger partial charge in [0, 0.05) is 29.8 Å². The molecular formula is C18H11N3O3. The molecule has 0 bridgehead atoms. The SMILES string of the molecule is N#Cc1cn(C(=O)/C=C/c2ccc([N+](=O)[O-])cc2)c2ccccc12. The molecule has 0 amide bonds. The van der Waals surface area contributed by atoms with Gasteiger partial charge in [-0.1, -0.05) is 18.2 Å². The van der Waals surface area contributed by atoms with Crippen LogP contribution in [0.15, 0.2) is 60.8 Å². The maximum absolute atomic E-state index is 12.4. The minimum atomic E-state index is -0.478. The molecule has 6 heteroatoms. The van der Waals surface area contributed by atoms with Crippen molar-refractivity contribution in [1.82, 2.24) is 4.57 Å². The van der Waals surface area contributed by atoms with Gasteiger partial charge in [0.2, 0.25) is 0 Å². The van der Waals surface area contributed by atoms with Crippen LogP contribution in [0.1, 0.15) is 15.9 Å².